The number of benzene rings is 3. The summed E-state index contributed by atoms with van der Waals surface area (Å²) in [5.41, 5.74) is 3.92. The minimum Gasteiger partial charge on any atom is -0.492 e. The molecule has 40 heavy (non-hydrogen) atoms. The largest absolute Gasteiger partial charge is 0.492 e. The first-order chi connectivity index (χ1) is 19.3. The van der Waals surface area contributed by atoms with Gasteiger partial charge in [-0.3, -0.25) is 4.79 Å². The summed E-state index contributed by atoms with van der Waals surface area (Å²) in [4.78, 5) is 19.7. The second-order valence-corrected chi connectivity index (χ2v) is 9.89. The van der Waals surface area contributed by atoms with E-state index >= 15 is 0 Å². The van der Waals surface area contributed by atoms with Gasteiger partial charge in [0, 0.05) is 35.5 Å². The van der Waals surface area contributed by atoms with Crippen molar-refractivity contribution in [3.8, 4) is 33.8 Å². The number of fused-ring (bicyclic) bond motifs is 2. The van der Waals surface area contributed by atoms with Crippen LogP contribution in [-0.2, 0) is 22.1 Å². The lowest BCUT2D eigenvalue weighted by molar-refractivity contribution is -0.141. The smallest absolute Gasteiger partial charge is 0.417 e. The molecular weight excluding hydrogens is 521 g/mol. The van der Waals surface area contributed by atoms with Crippen LogP contribution in [0.3, 0.4) is 0 Å². The molecule has 0 amide bonds. The van der Waals surface area contributed by atoms with E-state index in [0.717, 1.165) is 28.3 Å². The number of hydrogen-bond acceptors (Lipinski definition) is 6. The molecule has 2 aliphatic rings. The molecule has 1 aliphatic carbocycles. The Balaban J connectivity index is 1.30. The van der Waals surface area contributed by atoms with Gasteiger partial charge in [0.2, 0.25) is 0 Å². The summed E-state index contributed by atoms with van der Waals surface area (Å²) < 4.78 is 59.3. The average molecular weight is 547 g/mol. The van der Waals surface area contributed by atoms with E-state index < -0.39 is 17.8 Å². The van der Waals surface area contributed by atoms with E-state index in [-0.39, 0.29) is 23.9 Å². The predicted octanol–water partition coefficient (Wildman–Crippen LogP) is 6.93. The number of nitrogens with zero attached hydrogens (tertiary/aromatic N) is 2. The van der Waals surface area contributed by atoms with Gasteiger partial charge in [0.25, 0.3) is 0 Å². The van der Waals surface area contributed by atoms with Crippen LogP contribution in [0.15, 0.2) is 73.3 Å². The number of esters is 1. The molecule has 9 heteroatoms. The summed E-state index contributed by atoms with van der Waals surface area (Å²) in [6, 6.07) is 15.1. The van der Waals surface area contributed by atoms with Crippen LogP contribution in [0.4, 0.5) is 13.2 Å². The van der Waals surface area contributed by atoms with Crippen molar-refractivity contribution in [2.24, 2.45) is 0 Å². The van der Waals surface area contributed by atoms with Crippen LogP contribution in [0, 0.1) is 0 Å². The second-order valence-electron chi connectivity index (χ2n) is 9.89. The quantitative estimate of drug-likeness (QED) is 0.244. The highest BCUT2D eigenvalue weighted by Crippen LogP contribution is 2.47. The standard InChI is InChI=1S/C31H25F3N2O4/c1-38-29(37)12-20-16-39-28-13-22(6-7-23(20)28)40-27-11-9-25-24(27)8-10-26(31(32,33)34)30(25)19-4-2-18(3-5-19)21-14-35-17-36-15-21/h2-8,10,13-15,17,20,27H,9,11-12,16H2,1H3/t20-,27-/m1/s1. The number of hydrogen-bond donors (Lipinski definition) is 0. The van der Waals surface area contributed by atoms with E-state index in [1.54, 1.807) is 42.7 Å². The number of methoxy groups -OCH3 is 1. The summed E-state index contributed by atoms with van der Waals surface area (Å²) in [6.45, 7) is 0.375. The normalized spacial score (nSPS) is 17.6. The molecule has 0 fully saturated rings. The van der Waals surface area contributed by atoms with Gasteiger partial charge in [0.1, 0.15) is 23.9 Å². The average Bonchev–Trinajstić information content (AvgIpc) is 3.56. The lowest BCUT2D eigenvalue weighted by atomic mass is 9.90. The molecule has 204 valence electrons. The lowest BCUT2D eigenvalue weighted by Crippen LogP contribution is -2.10. The Hall–Kier alpha value is -4.40. The molecule has 1 aromatic heterocycles. The molecular formula is C31H25F3N2O4. The molecule has 0 radical (unpaired) electrons. The third-order valence-electron chi connectivity index (χ3n) is 7.51. The van der Waals surface area contributed by atoms with Crippen LogP contribution < -0.4 is 9.47 Å². The van der Waals surface area contributed by atoms with Gasteiger partial charge in [-0.15, -0.1) is 0 Å². The molecule has 6 nitrogen and oxygen atoms in total. The molecule has 2 heterocycles. The van der Waals surface area contributed by atoms with Gasteiger partial charge < -0.3 is 14.2 Å². The molecule has 0 N–H and O–H groups in total. The number of halogens is 3. The van der Waals surface area contributed by atoms with E-state index in [0.29, 0.717) is 42.1 Å². The highest BCUT2D eigenvalue weighted by molar-refractivity contribution is 5.76. The zero-order valence-corrected chi connectivity index (χ0v) is 21.6. The predicted molar refractivity (Wildman–Crippen MR) is 141 cm³/mol. The van der Waals surface area contributed by atoms with Crippen molar-refractivity contribution < 1.29 is 32.2 Å². The highest BCUT2D eigenvalue weighted by atomic mass is 19.4. The Morgan fingerprint density at radius 3 is 2.42 bits per heavy atom. The Bertz CT molecular complexity index is 1560. The molecule has 0 spiro atoms. The van der Waals surface area contributed by atoms with Crippen molar-refractivity contribution >= 4 is 5.97 Å². The number of ether oxygens (including phenoxy) is 3. The van der Waals surface area contributed by atoms with Gasteiger partial charge in [0.05, 0.1) is 25.7 Å². The number of alkyl halides is 3. The van der Waals surface area contributed by atoms with Crippen LogP contribution in [0.1, 0.15) is 47.1 Å². The topological polar surface area (TPSA) is 70.5 Å². The van der Waals surface area contributed by atoms with Crippen LogP contribution in [0.5, 0.6) is 11.5 Å². The van der Waals surface area contributed by atoms with Crippen molar-refractivity contribution in [3.63, 3.8) is 0 Å². The fraction of sp³-hybridized carbons (Fsp3) is 0.258. The zero-order valence-electron chi connectivity index (χ0n) is 21.6. The van der Waals surface area contributed by atoms with E-state index in [4.69, 9.17) is 14.2 Å². The van der Waals surface area contributed by atoms with E-state index in [2.05, 4.69) is 9.97 Å². The molecule has 1 aliphatic heterocycles. The number of carbonyl (C=O) groups is 1. The molecule has 4 aromatic rings. The molecule has 0 saturated heterocycles. The number of carbonyl (C=O) groups excluding carboxylic acids is 1. The number of aromatic nitrogens is 2. The molecule has 0 bridgehead atoms. The van der Waals surface area contributed by atoms with Gasteiger partial charge in [-0.25, -0.2) is 9.97 Å². The molecule has 0 saturated carbocycles. The number of rotatable bonds is 6. The van der Waals surface area contributed by atoms with E-state index in [1.165, 1.54) is 19.5 Å². The minimum absolute atomic E-state index is 0.0899. The third-order valence-corrected chi connectivity index (χ3v) is 7.51. The maximum Gasteiger partial charge on any atom is 0.417 e. The van der Waals surface area contributed by atoms with Crippen molar-refractivity contribution in [3.05, 3.63) is 95.6 Å². The van der Waals surface area contributed by atoms with Gasteiger partial charge in [0.15, 0.2) is 0 Å². The third kappa shape index (κ3) is 4.87. The summed E-state index contributed by atoms with van der Waals surface area (Å²) >= 11 is 0. The summed E-state index contributed by atoms with van der Waals surface area (Å²) in [5.74, 6) is 0.808. The van der Waals surface area contributed by atoms with Gasteiger partial charge in [-0.1, -0.05) is 36.4 Å². The monoisotopic (exact) mass is 546 g/mol. The van der Waals surface area contributed by atoms with E-state index in [1.807, 2.05) is 12.1 Å². The Morgan fingerprint density at radius 2 is 1.70 bits per heavy atom. The van der Waals surface area contributed by atoms with Crippen molar-refractivity contribution in [2.75, 3.05) is 13.7 Å². The Morgan fingerprint density at radius 1 is 0.975 bits per heavy atom. The van der Waals surface area contributed by atoms with E-state index in [9.17, 15) is 18.0 Å². The Labute approximate surface area is 228 Å². The zero-order chi connectivity index (χ0) is 27.9. The van der Waals surface area contributed by atoms with Gasteiger partial charge in [-0.05, 0) is 52.8 Å². The van der Waals surface area contributed by atoms with Crippen LogP contribution >= 0.6 is 0 Å². The summed E-state index contributed by atoms with van der Waals surface area (Å²) in [5, 5.41) is 0. The van der Waals surface area contributed by atoms with Crippen LogP contribution in [-0.4, -0.2) is 29.7 Å². The second kappa shape index (κ2) is 10.3. The first kappa shape index (κ1) is 25.9. The maximum absolute atomic E-state index is 14.2. The van der Waals surface area contributed by atoms with Gasteiger partial charge >= 0.3 is 12.1 Å². The molecule has 2 atom stereocenters. The summed E-state index contributed by atoms with van der Waals surface area (Å²) in [7, 11) is 1.35. The van der Waals surface area contributed by atoms with Gasteiger partial charge in [-0.2, -0.15) is 13.2 Å². The Kier molecular flexibility index (Phi) is 6.65. The first-order valence-electron chi connectivity index (χ1n) is 12.9. The first-order valence-corrected chi connectivity index (χ1v) is 12.9. The van der Waals surface area contributed by atoms with Crippen molar-refractivity contribution in [2.45, 2.75) is 37.5 Å². The molecule has 3 aromatic carbocycles. The summed E-state index contributed by atoms with van der Waals surface area (Å²) in [6.07, 6.45) is 1.07. The van der Waals surface area contributed by atoms with Crippen molar-refractivity contribution in [1.82, 2.24) is 9.97 Å². The fourth-order valence-corrected chi connectivity index (χ4v) is 5.58. The SMILES string of the molecule is COC(=O)C[C@@H]1COc2cc(O[C@@H]3CCc4c3ccc(C(F)(F)F)c4-c3ccc(-c4cncnc4)cc3)ccc21. The van der Waals surface area contributed by atoms with Crippen molar-refractivity contribution in [1.29, 1.82) is 0 Å². The highest BCUT2D eigenvalue weighted by Gasteiger charge is 2.38. The molecule has 0 unspecified atom stereocenters. The fourth-order valence-electron chi connectivity index (χ4n) is 5.58. The maximum atomic E-state index is 14.2. The molecule has 6 rings (SSSR count). The lowest BCUT2D eigenvalue weighted by Gasteiger charge is -2.20. The van der Waals surface area contributed by atoms with Crippen LogP contribution in [0.2, 0.25) is 0 Å². The minimum atomic E-state index is -4.51. The van der Waals surface area contributed by atoms with Crippen LogP contribution in [0.25, 0.3) is 22.3 Å².